The van der Waals surface area contributed by atoms with Gasteiger partial charge in [0.05, 0.1) is 10.7 Å². The highest BCUT2D eigenvalue weighted by Gasteiger charge is 2.09. The SMILES string of the molecule is CCCN(CCCC(=O)Nc1ccc(Cl)c(N)c1)C(C)C. The Hall–Kier alpha value is -1.26. The van der Waals surface area contributed by atoms with Gasteiger partial charge in [-0.2, -0.15) is 0 Å². The second-order valence-electron chi connectivity index (χ2n) is 5.52. The number of nitrogens with one attached hydrogen (secondary N) is 1. The fourth-order valence-corrected chi connectivity index (χ4v) is 2.32. The number of rotatable bonds is 8. The van der Waals surface area contributed by atoms with Crippen LogP contribution in [0.4, 0.5) is 11.4 Å². The minimum Gasteiger partial charge on any atom is -0.397 e. The van der Waals surface area contributed by atoms with E-state index in [0.717, 1.165) is 25.9 Å². The monoisotopic (exact) mass is 311 g/mol. The van der Waals surface area contributed by atoms with Crippen LogP contribution in [-0.2, 0) is 4.79 Å². The van der Waals surface area contributed by atoms with E-state index in [1.54, 1.807) is 18.2 Å². The molecule has 0 bridgehead atoms. The van der Waals surface area contributed by atoms with Gasteiger partial charge in [-0.25, -0.2) is 0 Å². The molecule has 0 atom stereocenters. The Labute approximate surface area is 132 Å². The number of amides is 1. The molecule has 5 heteroatoms. The van der Waals surface area contributed by atoms with Gasteiger partial charge >= 0.3 is 0 Å². The lowest BCUT2D eigenvalue weighted by Crippen LogP contribution is -2.33. The van der Waals surface area contributed by atoms with Gasteiger partial charge in [0.25, 0.3) is 0 Å². The molecule has 1 aromatic carbocycles. The van der Waals surface area contributed by atoms with Crippen molar-refractivity contribution in [2.75, 3.05) is 24.1 Å². The number of nitrogens with two attached hydrogens (primary N) is 1. The maximum Gasteiger partial charge on any atom is 0.224 e. The predicted molar refractivity (Wildman–Crippen MR) is 90.7 cm³/mol. The lowest BCUT2D eigenvalue weighted by Gasteiger charge is -2.25. The molecule has 0 unspecified atom stereocenters. The smallest absolute Gasteiger partial charge is 0.224 e. The molecule has 21 heavy (non-hydrogen) atoms. The van der Waals surface area contributed by atoms with E-state index in [1.165, 1.54) is 0 Å². The summed E-state index contributed by atoms with van der Waals surface area (Å²) in [6.45, 7) is 8.57. The molecule has 3 N–H and O–H groups in total. The molecule has 1 aromatic rings. The molecule has 0 saturated carbocycles. The van der Waals surface area contributed by atoms with Gasteiger partial charge in [0.15, 0.2) is 0 Å². The van der Waals surface area contributed by atoms with Gasteiger partial charge in [0.2, 0.25) is 5.91 Å². The Morgan fingerprint density at radius 3 is 2.67 bits per heavy atom. The van der Waals surface area contributed by atoms with E-state index >= 15 is 0 Å². The topological polar surface area (TPSA) is 58.4 Å². The highest BCUT2D eigenvalue weighted by molar-refractivity contribution is 6.33. The molecular weight excluding hydrogens is 286 g/mol. The van der Waals surface area contributed by atoms with Crippen molar-refractivity contribution in [3.8, 4) is 0 Å². The highest BCUT2D eigenvalue weighted by atomic mass is 35.5. The van der Waals surface area contributed by atoms with Crippen molar-refractivity contribution in [2.45, 2.75) is 46.1 Å². The fraction of sp³-hybridized carbons (Fsp3) is 0.562. The summed E-state index contributed by atoms with van der Waals surface area (Å²) in [6, 6.07) is 5.64. The molecule has 0 aliphatic heterocycles. The second kappa shape index (κ2) is 8.90. The van der Waals surface area contributed by atoms with Gasteiger partial charge in [-0.3, -0.25) is 4.79 Å². The molecule has 0 aliphatic carbocycles. The molecule has 118 valence electrons. The molecular formula is C16H26ClN3O. The van der Waals surface area contributed by atoms with Crippen molar-refractivity contribution in [1.82, 2.24) is 4.90 Å². The number of hydrogen-bond acceptors (Lipinski definition) is 3. The van der Waals surface area contributed by atoms with E-state index in [-0.39, 0.29) is 5.91 Å². The number of nitrogen functional groups attached to an aromatic ring is 1. The zero-order valence-corrected chi connectivity index (χ0v) is 13.9. The minimum absolute atomic E-state index is 0.0110. The van der Waals surface area contributed by atoms with E-state index in [9.17, 15) is 4.79 Å². The van der Waals surface area contributed by atoms with E-state index in [1.807, 2.05) is 0 Å². The molecule has 0 spiro atoms. The van der Waals surface area contributed by atoms with Crippen LogP contribution in [0.3, 0.4) is 0 Å². The summed E-state index contributed by atoms with van der Waals surface area (Å²) in [5.41, 5.74) is 6.88. The van der Waals surface area contributed by atoms with Crippen LogP contribution in [0, 0.1) is 0 Å². The fourth-order valence-electron chi connectivity index (χ4n) is 2.20. The lowest BCUT2D eigenvalue weighted by molar-refractivity contribution is -0.116. The predicted octanol–water partition coefficient (Wildman–Crippen LogP) is 3.76. The van der Waals surface area contributed by atoms with Crippen molar-refractivity contribution < 1.29 is 4.79 Å². The maximum atomic E-state index is 11.9. The number of anilines is 2. The van der Waals surface area contributed by atoms with Gasteiger partial charge in [-0.1, -0.05) is 18.5 Å². The quantitative estimate of drug-likeness (QED) is 0.719. The van der Waals surface area contributed by atoms with Crippen molar-refractivity contribution in [3.63, 3.8) is 0 Å². The third-order valence-electron chi connectivity index (χ3n) is 3.37. The number of carbonyl (C=O) groups excluding carboxylic acids is 1. The van der Waals surface area contributed by atoms with Crippen molar-refractivity contribution in [1.29, 1.82) is 0 Å². The Kier molecular flexibility index (Phi) is 7.54. The summed E-state index contributed by atoms with van der Waals surface area (Å²) in [7, 11) is 0. The van der Waals surface area contributed by atoms with Crippen LogP contribution in [0.2, 0.25) is 5.02 Å². The molecule has 0 saturated heterocycles. The first-order chi connectivity index (χ1) is 9.93. The Morgan fingerprint density at radius 2 is 2.10 bits per heavy atom. The first-order valence-corrected chi connectivity index (χ1v) is 7.90. The van der Waals surface area contributed by atoms with E-state index in [0.29, 0.717) is 28.9 Å². The number of hydrogen-bond donors (Lipinski definition) is 2. The van der Waals surface area contributed by atoms with Crippen LogP contribution in [0.25, 0.3) is 0 Å². The average molecular weight is 312 g/mol. The molecule has 0 aliphatic rings. The van der Waals surface area contributed by atoms with Gasteiger partial charge in [0, 0.05) is 18.2 Å². The summed E-state index contributed by atoms with van der Waals surface area (Å²) in [6.07, 6.45) is 2.50. The Balaban J connectivity index is 2.38. The van der Waals surface area contributed by atoms with Crippen LogP contribution in [0.15, 0.2) is 18.2 Å². The molecule has 0 radical (unpaired) electrons. The third-order valence-corrected chi connectivity index (χ3v) is 3.71. The highest BCUT2D eigenvalue weighted by Crippen LogP contribution is 2.22. The van der Waals surface area contributed by atoms with Crippen LogP contribution < -0.4 is 11.1 Å². The molecule has 0 fully saturated rings. The normalized spacial score (nSPS) is 11.1. The van der Waals surface area contributed by atoms with Gasteiger partial charge in [-0.15, -0.1) is 0 Å². The molecule has 1 amide bonds. The molecule has 0 heterocycles. The first kappa shape index (κ1) is 17.8. The van der Waals surface area contributed by atoms with E-state index < -0.39 is 0 Å². The van der Waals surface area contributed by atoms with Gasteiger partial charge < -0.3 is 16.0 Å². The third kappa shape index (κ3) is 6.36. The van der Waals surface area contributed by atoms with Crippen LogP contribution in [0.1, 0.15) is 40.0 Å². The van der Waals surface area contributed by atoms with Crippen molar-refractivity contribution in [3.05, 3.63) is 23.2 Å². The number of carbonyl (C=O) groups is 1. The summed E-state index contributed by atoms with van der Waals surface area (Å²) < 4.78 is 0. The maximum absolute atomic E-state index is 11.9. The van der Waals surface area contributed by atoms with Crippen LogP contribution in [0.5, 0.6) is 0 Å². The Morgan fingerprint density at radius 1 is 1.38 bits per heavy atom. The zero-order chi connectivity index (χ0) is 15.8. The second-order valence-corrected chi connectivity index (χ2v) is 5.92. The summed E-state index contributed by atoms with van der Waals surface area (Å²) in [4.78, 5) is 14.3. The van der Waals surface area contributed by atoms with E-state index in [4.69, 9.17) is 17.3 Å². The summed E-state index contributed by atoms with van der Waals surface area (Å²) >= 11 is 5.85. The summed E-state index contributed by atoms with van der Waals surface area (Å²) in [5.74, 6) is 0.0110. The number of halogens is 1. The Bertz CT molecular complexity index is 463. The minimum atomic E-state index is 0.0110. The van der Waals surface area contributed by atoms with Gasteiger partial charge in [-0.05, 0) is 58.0 Å². The number of benzene rings is 1. The average Bonchev–Trinajstić information content (AvgIpc) is 2.42. The zero-order valence-electron chi connectivity index (χ0n) is 13.2. The largest absolute Gasteiger partial charge is 0.397 e. The van der Waals surface area contributed by atoms with Crippen molar-refractivity contribution in [2.24, 2.45) is 0 Å². The number of nitrogens with zero attached hydrogens (tertiary/aromatic N) is 1. The summed E-state index contributed by atoms with van der Waals surface area (Å²) in [5, 5.41) is 3.35. The van der Waals surface area contributed by atoms with Crippen LogP contribution >= 0.6 is 11.6 Å². The molecule has 0 aromatic heterocycles. The van der Waals surface area contributed by atoms with Crippen molar-refractivity contribution >= 4 is 28.9 Å². The first-order valence-electron chi connectivity index (χ1n) is 7.53. The lowest BCUT2D eigenvalue weighted by atomic mass is 10.2. The van der Waals surface area contributed by atoms with E-state index in [2.05, 4.69) is 31.0 Å². The molecule has 4 nitrogen and oxygen atoms in total. The van der Waals surface area contributed by atoms with Gasteiger partial charge in [0.1, 0.15) is 0 Å². The van der Waals surface area contributed by atoms with Crippen LogP contribution in [-0.4, -0.2) is 29.9 Å². The standard InChI is InChI=1S/C16H26ClN3O/c1-4-9-20(12(2)3)10-5-6-16(21)19-13-7-8-14(17)15(18)11-13/h7-8,11-12H,4-6,9-10,18H2,1-3H3,(H,19,21). The molecule has 1 rings (SSSR count).